The molecule has 0 bridgehead atoms. The molecule has 4 nitrogen and oxygen atoms in total. The molecule has 1 saturated heterocycles. The third-order valence-electron chi connectivity index (χ3n) is 4.20. The average Bonchev–Trinajstić information content (AvgIpc) is 2.54. The number of nitrogens with zero attached hydrogens (tertiary/aromatic N) is 1. The fraction of sp³-hybridized carbons (Fsp3) is 0.556. The van der Waals surface area contributed by atoms with Crippen LogP contribution in [0.4, 0.5) is 0 Å². The van der Waals surface area contributed by atoms with Crippen LogP contribution in [0, 0.1) is 0 Å². The van der Waals surface area contributed by atoms with Gasteiger partial charge in [-0.3, -0.25) is 9.59 Å². The molecule has 0 spiro atoms. The standard InChI is InChI=1S/C18H25NO3/c1-2-3-14-4-6-15(7-5-14)17(21)8-9-18(22)19-12-10-16(20)11-13-19/h4-7,16,20H,2-3,8-13H2,1H3. The molecule has 1 aromatic carbocycles. The van der Waals surface area contributed by atoms with Crippen molar-refractivity contribution in [2.45, 2.75) is 51.6 Å². The molecule has 1 fully saturated rings. The van der Waals surface area contributed by atoms with Gasteiger partial charge < -0.3 is 10.0 Å². The molecule has 4 heteroatoms. The highest BCUT2D eigenvalue weighted by molar-refractivity contribution is 5.97. The number of piperidine rings is 1. The van der Waals surface area contributed by atoms with Crippen molar-refractivity contribution in [2.24, 2.45) is 0 Å². The van der Waals surface area contributed by atoms with E-state index in [1.165, 1.54) is 5.56 Å². The van der Waals surface area contributed by atoms with Crippen LogP contribution in [-0.4, -0.2) is 40.9 Å². The van der Waals surface area contributed by atoms with Gasteiger partial charge in [0.05, 0.1) is 6.10 Å². The number of aliphatic hydroxyl groups is 1. The second kappa shape index (κ2) is 8.08. The molecule has 0 radical (unpaired) electrons. The first-order valence-corrected chi connectivity index (χ1v) is 8.18. The van der Waals surface area contributed by atoms with Crippen LogP contribution in [0.1, 0.15) is 54.9 Å². The molecular weight excluding hydrogens is 278 g/mol. The van der Waals surface area contributed by atoms with Crippen LogP contribution in [0.2, 0.25) is 0 Å². The van der Waals surface area contributed by atoms with Gasteiger partial charge in [-0.25, -0.2) is 0 Å². The van der Waals surface area contributed by atoms with Crippen LogP contribution in [0.15, 0.2) is 24.3 Å². The molecule has 1 heterocycles. The number of ketones is 1. The lowest BCUT2D eigenvalue weighted by molar-refractivity contribution is -0.133. The molecule has 0 saturated carbocycles. The van der Waals surface area contributed by atoms with Crippen LogP contribution in [0.25, 0.3) is 0 Å². The van der Waals surface area contributed by atoms with Gasteiger partial charge in [-0.2, -0.15) is 0 Å². The predicted octanol–water partition coefficient (Wildman–Crippen LogP) is 2.59. The number of Topliss-reactive ketones (excluding diaryl/α,β-unsaturated/α-hetero) is 1. The van der Waals surface area contributed by atoms with Crippen molar-refractivity contribution in [1.82, 2.24) is 4.90 Å². The number of likely N-dealkylation sites (tertiary alicyclic amines) is 1. The van der Waals surface area contributed by atoms with Crippen molar-refractivity contribution in [3.63, 3.8) is 0 Å². The van der Waals surface area contributed by atoms with Crippen molar-refractivity contribution < 1.29 is 14.7 Å². The highest BCUT2D eigenvalue weighted by Gasteiger charge is 2.21. The molecule has 1 aliphatic heterocycles. The molecule has 0 unspecified atom stereocenters. The van der Waals surface area contributed by atoms with Crippen LogP contribution in [0.5, 0.6) is 0 Å². The molecule has 22 heavy (non-hydrogen) atoms. The van der Waals surface area contributed by atoms with Gasteiger partial charge in [0, 0.05) is 31.5 Å². The second-order valence-electron chi connectivity index (χ2n) is 5.98. The Morgan fingerprint density at radius 2 is 1.77 bits per heavy atom. The van der Waals surface area contributed by atoms with Gasteiger partial charge in [0.2, 0.25) is 5.91 Å². The number of benzene rings is 1. The molecule has 2 rings (SSSR count). The number of aryl methyl sites for hydroxylation is 1. The normalized spacial score (nSPS) is 15.8. The van der Waals surface area contributed by atoms with E-state index in [1.54, 1.807) is 4.90 Å². The summed E-state index contributed by atoms with van der Waals surface area (Å²) in [5, 5.41) is 9.44. The topological polar surface area (TPSA) is 57.6 Å². The summed E-state index contributed by atoms with van der Waals surface area (Å²) in [6.07, 6.45) is 3.61. The van der Waals surface area contributed by atoms with E-state index < -0.39 is 0 Å². The number of aliphatic hydroxyl groups excluding tert-OH is 1. The summed E-state index contributed by atoms with van der Waals surface area (Å²) < 4.78 is 0. The smallest absolute Gasteiger partial charge is 0.223 e. The zero-order valence-electron chi connectivity index (χ0n) is 13.3. The predicted molar refractivity (Wildman–Crippen MR) is 85.8 cm³/mol. The number of rotatable bonds is 6. The summed E-state index contributed by atoms with van der Waals surface area (Å²) >= 11 is 0. The fourth-order valence-electron chi connectivity index (χ4n) is 2.78. The highest BCUT2D eigenvalue weighted by atomic mass is 16.3. The Labute approximate surface area is 132 Å². The van der Waals surface area contributed by atoms with Gasteiger partial charge in [0.15, 0.2) is 5.78 Å². The maximum atomic E-state index is 12.1. The Morgan fingerprint density at radius 3 is 2.36 bits per heavy atom. The quantitative estimate of drug-likeness (QED) is 0.822. The number of hydrogen-bond acceptors (Lipinski definition) is 3. The van der Waals surface area contributed by atoms with Gasteiger partial charge in [-0.05, 0) is 24.8 Å². The second-order valence-corrected chi connectivity index (χ2v) is 5.98. The maximum absolute atomic E-state index is 12.1. The minimum atomic E-state index is -0.285. The first-order valence-electron chi connectivity index (χ1n) is 8.18. The molecule has 1 N–H and O–H groups in total. The van der Waals surface area contributed by atoms with Gasteiger partial charge in [0.25, 0.3) is 0 Å². The minimum Gasteiger partial charge on any atom is -0.393 e. The fourth-order valence-corrected chi connectivity index (χ4v) is 2.78. The Kier molecular flexibility index (Phi) is 6.13. The van der Waals surface area contributed by atoms with E-state index in [2.05, 4.69) is 6.92 Å². The van der Waals surface area contributed by atoms with Gasteiger partial charge in [-0.1, -0.05) is 37.6 Å². The molecule has 1 aromatic rings. The van der Waals surface area contributed by atoms with E-state index in [1.807, 2.05) is 24.3 Å². The number of carbonyl (C=O) groups is 2. The summed E-state index contributed by atoms with van der Waals surface area (Å²) in [4.78, 5) is 26.0. The molecule has 1 amide bonds. The first-order chi connectivity index (χ1) is 10.6. The van der Waals surface area contributed by atoms with Crippen molar-refractivity contribution in [2.75, 3.05) is 13.1 Å². The Morgan fingerprint density at radius 1 is 1.14 bits per heavy atom. The van der Waals surface area contributed by atoms with Gasteiger partial charge in [-0.15, -0.1) is 0 Å². The van der Waals surface area contributed by atoms with Crippen molar-refractivity contribution >= 4 is 11.7 Å². The SMILES string of the molecule is CCCc1ccc(C(=O)CCC(=O)N2CCC(O)CC2)cc1. The average molecular weight is 303 g/mol. The molecule has 0 aliphatic carbocycles. The minimum absolute atomic E-state index is 0.0165. The molecule has 120 valence electrons. The van der Waals surface area contributed by atoms with Gasteiger partial charge in [0.1, 0.15) is 0 Å². The van der Waals surface area contributed by atoms with E-state index in [0.717, 1.165) is 12.8 Å². The maximum Gasteiger partial charge on any atom is 0.223 e. The number of amides is 1. The van der Waals surface area contributed by atoms with E-state index in [4.69, 9.17) is 0 Å². The van der Waals surface area contributed by atoms with Crippen LogP contribution < -0.4 is 0 Å². The first kappa shape index (κ1) is 16.7. The number of hydrogen-bond donors (Lipinski definition) is 1. The zero-order chi connectivity index (χ0) is 15.9. The van der Waals surface area contributed by atoms with Crippen LogP contribution >= 0.6 is 0 Å². The molecule has 1 aliphatic rings. The van der Waals surface area contributed by atoms with Crippen LogP contribution in [-0.2, 0) is 11.2 Å². The summed E-state index contributed by atoms with van der Waals surface area (Å²) in [5.74, 6) is 0.0382. The molecule has 0 atom stereocenters. The Bertz CT molecular complexity index is 502. The van der Waals surface area contributed by atoms with E-state index in [0.29, 0.717) is 31.5 Å². The van der Waals surface area contributed by atoms with Crippen molar-refractivity contribution in [3.05, 3.63) is 35.4 Å². The summed E-state index contributed by atoms with van der Waals surface area (Å²) in [5.41, 5.74) is 1.92. The molecular formula is C18H25NO3. The Balaban J connectivity index is 1.80. The van der Waals surface area contributed by atoms with E-state index in [9.17, 15) is 14.7 Å². The Hall–Kier alpha value is -1.68. The number of carbonyl (C=O) groups excluding carboxylic acids is 2. The largest absolute Gasteiger partial charge is 0.393 e. The van der Waals surface area contributed by atoms with E-state index in [-0.39, 0.29) is 30.6 Å². The van der Waals surface area contributed by atoms with Gasteiger partial charge >= 0.3 is 0 Å². The summed E-state index contributed by atoms with van der Waals surface area (Å²) in [6, 6.07) is 7.69. The lowest BCUT2D eigenvalue weighted by Crippen LogP contribution is -2.40. The molecule has 0 aromatic heterocycles. The monoisotopic (exact) mass is 303 g/mol. The third kappa shape index (κ3) is 4.67. The summed E-state index contributed by atoms with van der Waals surface area (Å²) in [6.45, 7) is 3.32. The summed E-state index contributed by atoms with van der Waals surface area (Å²) in [7, 11) is 0. The highest BCUT2D eigenvalue weighted by Crippen LogP contribution is 2.14. The van der Waals surface area contributed by atoms with E-state index >= 15 is 0 Å². The lowest BCUT2D eigenvalue weighted by Gasteiger charge is -2.29. The van der Waals surface area contributed by atoms with Crippen molar-refractivity contribution in [1.29, 1.82) is 0 Å². The lowest BCUT2D eigenvalue weighted by atomic mass is 10.0. The third-order valence-corrected chi connectivity index (χ3v) is 4.20. The van der Waals surface area contributed by atoms with Crippen LogP contribution in [0.3, 0.4) is 0 Å². The zero-order valence-corrected chi connectivity index (χ0v) is 13.3. The van der Waals surface area contributed by atoms with Crippen molar-refractivity contribution in [3.8, 4) is 0 Å².